The molecule has 1 atom stereocenters. The van der Waals surface area contributed by atoms with E-state index in [1.807, 2.05) is 0 Å². The van der Waals surface area contributed by atoms with Crippen LogP contribution in [0, 0.1) is 0 Å². The van der Waals surface area contributed by atoms with E-state index < -0.39 is 21.5 Å². The van der Waals surface area contributed by atoms with Crippen molar-refractivity contribution in [2.24, 2.45) is 0 Å². The fraction of sp³-hybridized carbons (Fsp3) is 0.533. The molecular weight excluding hydrogens is 322 g/mol. The lowest BCUT2D eigenvalue weighted by Gasteiger charge is -2.18. The third kappa shape index (κ3) is 3.94. The van der Waals surface area contributed by atoms with Crippen molar-refractivity contribution >= 4 is 15.7 Å². The molecule has 1 amide bonds. The second-order valence-electron chi connectivity index (χ2n) is 5.50. The topological polar surface area (TPSA) is 90.9 Å². The molecular formula is C15H19NO6S. The van der Waals surface area contributed by atoms with Crippen LogP contribution in [0.2, 0.25) is 0 Å². The summed E-state index contributed by atoms with van der Waals surface area (Å²) in [6.07, 6.45) is 1.83. The third-order valence-corrected chi connectivity index (χ3v) is 5.36. The number of hydrogen-bond donors (Lipinski definition) is 1. The van der Waals surface area contributed by atoms with Gasteiger partial charge in [-0.05, 0) is 25.0 Å². The minimum Gasteiger partial charge on any atom is -0.486 e. The molecule has 1 saturated heterocycles. The van der Waals surface area contributed by atoms with Gasteiger partial charge in [0, 0.05) is 19.2 Å². The molecule has 0 aromatic heterocycles. The number of amides is 1. The van der Waals surface area contributed by atoms with Crippen LogP contribution in [0.15, 0.2) is 23.1 Å². The van der Waals surface area contributed by atoms with Gasteiger partial charge in [-0.15, -0.1) is 0 Å². The fourth-order valence-electron chi connectivity index (χ4n) is 2.56. The van der Waals surface area contributed by atoms with Crippen LogP contribution in [0.5, 0.6) is 11.5 Å². The second-order valence-corrected chi connectivity index (χ2v) is 7.49. The number of sulfone groups is 1. The number of hydrogen-bond acceptors (Lipinski definition) is 6. The lowest BCUT2D eigenvalue weighted by molar-refractivity contribution is -0.119. The second kappa shape index (κ2) is 6.76. The molecule has 0 radical (unpaired) electrons. The normalized spacial score (nSPS) is 20.3. The summed E-state index contributed by atoms with van der Waals surface area (Å²) in [5.74, 6) is -0.232. The van der Waals surface area contributed by atoms with E-state index in [2.05, 4.69) is 5.32 Å². The summed E-state index contributed by atoms with van der Waals surface area (Å²) in [4.78, 5) is 11.9. The highest BCUT2D eigenvalue weighted by molar-refractivity contribution is 7.92. The Morgan fingerprint density at radius 2 is 1.96 bits per heavy atom. The van der Waals surface area contributed by atoms with E-state index in [1.54, 1.807) is 6.07 Å². The summed E-state index contributed by atoms with van der Waals surface area (Å²) in [6.45, 7) is 1.84. The Hall–Kier alpha value is -1.80. The lowest BCUT2D eigenvalue weighted by Crippen LogP contribution is -2.35. The molecule has 2 aliphatic heterocycles. The Kier molecular flexibility index (Phi) is 4.72. The molecule has 3 rings (SSSR count). The highest BCUT2D eigenvalue weighted by atomic mass is 32.2. The zero-order valence-electron chi connectivity index (χ0n) is 12.6. The molecule has 1 N–H and O–H groups in total. The minimum atomic E-state index is -3.73. The van der Waals surface area contributed by atoms with Crippen LogP contribution in [0.4, 0.5) is 0 Å². The van der Waals surface area contributed by atoms with Gasteiger partial charge in [0.2, 0.25) is 5.91 Å². The monoisotopic (exact) mass is 341 g/mol. The Labute approximate surface area is 134 Å². The van der Waals surface area contributed by atoms with Gasteiger partial charge in [-0.25, -0.2) is 8.42 Å². The first-order valence-corrected chi connectivity index (χ1v) is 9.20. The SMILES string of the molecule is O=C(CS(=O)(=O)c1ccc2c(c1)OCCO2)NC[C@@H]1CCCO1. The molecule has 126 valence electrons. The molecule has 1 aromatic carbocycles. The van der Waals surface area contributed by atoms with E-state index in [1.165, 1.54) is 12.1 Å². The summed E-state index contributed by atoms with van der Waals surface area (Å²) in [5, 5.41) is 2.61. The van der Waals surface area contributed by atoms with E-state index in [0.29, 0.717) is 37.9 Å². The molecule has 0 aliphatic carbocycles. The van der Waals surface area contributed by atoms with Gasteiger partial charge < -0.3 is 19.5 Å². The van der Waals surface area contributed by atoms with Crippen LogP contribution in [0.3, 0.4) is 0 Å². The standard InChI is InChI=1S/C15H19NO6S/c17-15(16-9-11-2-1-5-20-11)10-23(18,19)12-3-4-13-14(8-12)22-7-6-21-13/h3-4,8,11H,1-2,5-7,9-10H2,(H,16,17)/t11-/m0/s1. The van der Waals surface area contributed by atoms with Gasteiger partial charge in [-0.2, -0.15) is 0 Å². The molecule has 2 heterocycles. The number of nitrogens with one attached hydrogen (secondary N) is 1. The van der Waals surface area contributed by atoms with Gasteiger partial charge >= 0.3 is 0 Å². The van der Waals surface area contributed by atoms with Gasteiger partial charge in [0.25, 0.3) is 0 Å². The average Bonchev–Trinajstić information content (AvgIpc) is 3.05. The van der Waals surface area contributed by atoms with Crippen molar-refractivity contribution < 1.29 is 27.4 Å². The molecule has 0 spiro atoms. The largest absolute Gasteiger partial charge is 0.486 e. The molecule has 1 aromatic rings. The van der Waals surface area contributed by atoms with Crippen LogP contribution >= 0.6 is 0 Å². The van der Waals surface area contributed by atoms with Crippen LogP contribution in [0.25, 0.3) is 0 Å². The van der Waals surface area contributed by atoms with E-state index in [9.17, 15) is 13.2 Å². The molecule has 2 aliphatic rings. The highest BCUT2D eigenvalue weighted by Crippen LogP contribution is 2.32. The molecule has 8 heteroatoms. The molecule has 7 nitrogen and oxygen atoms in total. The predicted octanol–water partition coefficient (Wildman–Crippen LogP) is 0.527. The Bertz CT molecular complexity index is 681. The van der Waals surface area contributed by atoms with Crippen molar-refractivity contribution in [3.63, 3.8) is 0 Å². The smallest absolute Gasteiger partial charge is 0.235 e. The molecule has 0 unspecified atom stereocenters. The molecule has 0 bridgehead atoms. The van der Waals surface area contributed by atoms with Crippen molar-refractivity contribution in [1.82, 2.24) is 5.32 Å². The number of carbonyl (C=O) groups is 1. The van der Waals surface area contributed by atoms with Crippen molar-refractivity contribution in [2.45, 2.75) is 23.8 Å². The summed E-state index contributed by atoms with van der Waals surface area (Å²) < 4.78 is 40.8. The van der Waals surface area contributed by atoms with Crippen LogP contribution < -0.4 is 14.8 Å². The first-order valence-electron chi connectivity index (χ1n) is 7.55. The maximum Gasteiger partial charge on any atom is 0.235 e. The quantitative estimate of drug-likeness (QED) is 0.840. The Balaban J connectivity index is 1.62. The lowest BCUT2D eigenvalue weighted by atomic mass is 10.2. The fourth-order valence-corrected chi connectivity index (χ4v) is 3.73. The summed E-state index contributed by atoms with van der Waals surface area (Å²) in [6, 6.07) is 4.37. The molecule has 0 saturated carbocycles. The van der Waals surface area contributed by atoms with Crippen molar-refractivity contribution in [2.75, 3.05) is 32.1 Å². The zero-order valence-corrected chi connectivity index (χ0v) is 13.4. The van der Waals surface area contributed by atoms with E-state index in [4.69, 9.17) is 14.2 Å². The van der Waals surface area contributed by atoms with Crippen molar-refractivity contribution in [1.29, 1.82) is 0 Å². The van der Waals surface area contributed by atoms with E-state index >= 15 is 0 Å². The summed E-state index contributed by atoms with van der Waals surface area (Å²) >= 11 is 0. The maximum absolute atomic E-state index is 12.3. The first kappa shape index (κ1) is 16.1. The van der Waals surface area contributed by atoms with E-state index in [0.717, 1.165) is 12.8 Å². The van der Waals surface area contributed by atoms with Gasteiger partial charge in [-0.3, -0.25) is 4.79 Å². The van der Waals surface area contributed by atoms with E-state index in [-0.39, 0.29) is 11.0 Å². The van der Waals surface area contributed by atoms with Crippen LogP contribution in [-0.2, 0) is 19.4 Å². The predicted molar refractivity (Wildman–Crippen MR) is 81.5 cm³/mol. The summed E-state index contributed by atoms with van der Waals surface area (Å²) in [5.41, 5.74) is 0. The number of benzene rings is 1. The molecule has 1 fully saturated rings. The number of ether oxygens (including phenoxy) is 3. The summed E-state index contributed by atoms with van der Waals surface area (Å²) in [7, 11) is -3.73. The Morgan fingerprint density at radius 3 is 2.70 bits per heavy atom. The van der Waals surface area contributed by atoms with Gasteiger partial charge in [0.1, 0.15) is 19.0 Å². The number of fused-ring (bicyclic) bond motifs is 1. The minimum absolute atomic E-state index is 0.0176. The Morgan fingerprint density at radius 1 is 1.17 bits per heavy atom. The first-order chi connectivity index (χ1) is 11.0. The number of rotatable bonds is 5. The number of carbonyl (C=O) groups excluding carboxylic acids is 1. The third-order valence-electron chi connectivity index (χ3n) is 3.74. The van der Waals surface area contributed by atoms with Gasteiger partial charge in [-0.1, -0.05) is 0 Å². The average molecular weight is 341 g/mol. The maximum atomic E-state index is 12.3. The van der Waals surface area contributed by atoms with Crippen molar-refractivity contribution in [3.05, 3.63) is 18.2 Å². The zero-order chi connectivity index (χ0) is 16.3. The van der Waals surface area contributed by atoms with Crippen molar-refractivity contribution in [3.8, 4) is 11.5 Å². The van der Waals surface area contributed by atoms with Gasteiger partial charge in [0.05, 0.1) is 11.0 Å². The van der Waals surface area contributed by atoms with Gasteiger partial charge in [0.15, 0.2) is 21.3 Å². The molecule has 23 heavy (non-hydrogen) atoms. The highest BCUT2D eigenvalue weighted by Gasteiger charge is 2.23. The van der Waals surface area contributed by atoms with Crippen LogP contribution in [-0.4, -0.2) is 52.5 Å². The van der Waals surface area contributed by atoms with Crippen LogP contribution in [0.1, 0.15) is 12.8 Å².